The molecule has 0 aliphatic carbocycles. The number of methoxy groups -OCH3 is 2. The van der Waals surface area contributed by atoms with Crippen molar-refractivity contribution in [3.05, 3.63) is 47.5 Å². The quantitative estimate of drug-likeness (QED) is 0.842. The lowest BCUT2D eigenvalue weighted by Crippen LogP contribution is -2.05. The predicted molar refractivity (Wildman–Crippen MR) is 80.5 cm³/mol. The normalized spacial score (nSPS) is 16.4. The maximum atomic E-state index is 5.73. The predicted octanol–water partition coefficient (Wildman–Crippen LogP) is 3.00. The van der Waals surface area contributed by atoms with E-state index in [0.717, 1.165) is 29.3 Å². The average molecular weight is 270 g/mol. The standard InChI is InChI=1S/C16H18N2O2/c1-19-15-8-11-7-13(10-3-5-12(17)6-4-10)18-14(11)9-16(15)20-2/h3-6,8-9,13,18H,7,17H2,1-2H3. The highest BCUT2D eigenvalue weighted by molar-refractivity contribution is 5.65. The average Bonchev–Trinajstić information content (AvgIpc) is 2.89. The van der Waals surface area contributed by atoms with Crippen LogP contribution in [0.1, 0.15) is 17.2 Å². The summed E-state index contributed by atoms with van der Waals surface area (Å²) < 4.78 is 10.7. The van der Waals surface area contributed by atoms with Gasteiger partial charge in [0.2, 0.25) is 0 Å². The molecule has 1 unspecified atom stereocenters. The molecule has 0 spiro atoms. The van der Waals surface area contributed by atoms with Gasteiger partial charge in [0.05, 0.1) is 20.3 Å². The van der Waals surface area contributed by atoms with Crippen LogP contribution in [0.5, 0.6) is 11.5 Å². The Labute approximate surface area is 118 Å². The molecule has 2 aromatic carbocycles. The molecule has 4 nitrogen and oxygen atoms in total. The molecule has 3 N–H and O–H groups in total. The van der Waals surface area contributed by atoms with E-state index in [4.69, 9.17) is 15.2 Å². The first-order valence-corrected chi connectivity index (χ1v) is 6.58. The molecule has 2 aromatic rings. The summed E-state index contributed by atoms with van der Waals surface area (Å²) in [6.07, 6.45) is 0.930. The number of fused-ring (bicyclic) bond motifs is 1. The molecule has 1 heterocycles. The molecule has 4 heteroatoms. The van der Waals surface area contributed by atoms with Crippen LogP contribution in [-0.4, -0.2) is 14.2 Å². The fraction of sp³-hybridized carbons (Fsp3) is 0.250. The number of ether oxygens (including phenoxy) is 2. The molecule has 0 fully saturated rings. The van der Waals surface area contributed by atoms with Crippen molar-refractivity contribution in [2.45, 2.75) is 12.5 Å². The third-order valence-corrected chi connectivity index (χ3v) is 3.70. The fourth-order valence-electron chi connectivity index (χ4n) is 2.61. The molecule has 0 bridgehead atoms. The minimum atomic E-state index is 0.266. The number of hydrogen-bond donors (Lipinski definition) is 2. The highest BCUT2D eigenvalue weighted by Crippen LogP contribution is 2.41. The van der Waals surface area contributed by atoms with Gasteiger partial charge in [0.15, 0.2) is 11.5 Å². The van der Waals surface area contributed by atoms with Crippen LogP contribution in [0.25, 0.3) is 0 Å². The summed E-state index contributed by atoms with van der Waals surface area (Å²) in [5.74, 6) is 1.52. The number of anilines is 2. The van der Waals surface area contributed by atoms with E-state index in [2.05, 4.69) is 17.4 Å². The molecule has 20 heavy (non-hydrogen) atoms. The van der Waals surface area contributed by atoms with Gasteiger partial charge in [-0.25, -0.2) is 0 Å². The highest BCUT2D eigenvalue weighted by Gasteiger charge is 2.24. The monoisotopic (exact) mass is 270 g/mol. The summed E-state index contributed by atoms with van der Waals surface area (Å²) in [5.41, 5.74) is 10.1. The Morgan fingerprint density at radius 2 is 1.70 bits per heavy atom. The van der Waals surface area contributed by atoms with Gasteiger partial charge in [-0.2, -0.15) is 0 Å². The molecule has 1 aliphatic rings. The van der Waals surface area contributed by atoms with Crippen LogP contribution in [-0.2, 0) is 6.42 Å². The van der Waals surface area contributed by atoms with Crippen molar-refractivity contribution in [2.75, 3.05) is 25.3 Å². The van der Waals surface area contributed by atoms with Crippen molar-refractivity contribution in [3.8, 4) is 11.5 Å². The second-order valence-electron chi connectivity index (χ2n) is 4.93. The first-order chi connectivity index (χ1) is 9.71. The summed E-state index contributed by atoms with van der Waals surface area (Å²) >= 11 is 0. The first-order valence-electron chi connectivity index (χ1n) is 6.58. The molecular formula is C16H18N2O2. The van der Waals surface area contributed by atoms with E-state index in [1.165, 1.54) is 11.1 Å². The summed E-state index contributed by atoms with van der Waals surface area (Å²) in [7, 11) is 3.31. The van der Waals surface area contributed by atoms with Gasteiger partial charge in [0, 0.05) is 17.4 Å². The number of benzene rings is 2. The lowest BCUT2D eigenvalue weighted by Gasteiger charge is -2.12. The van der Waals surface area contributed by atoms with Gasteiger partial charge in [-0.1, -0.05) is 12.1 Å². The maximum absolute atomic E-state index is 5.73. The summed E-state index contributed by atoms with van der Waals surface area (Å²) in [6, 6.07) is 12.3. The van der Waals surface area contributed by atoms with Gasteiger partial charge in [-0.05, 0) is 35.7 Å². The smallest absolute Gasteiger partial charge is 0.162 e. The molecule has 0 aromatic heterocycles. The molecule has 104 valence electrons. The largest absolute Gasteiger partial charge is 0.493 e. The van der Waals surface area contributed by atoms with E-state index < -0.39 is 0 Å². The molecule has 0 saturated heterocycles. The van der Waals surface area contributed by atoms with E-state index in [-0.39, 0.29) is 6.04 Å². The van der Waals surface area contributed by atoms with Crippen LogP contribution < -0.4 is 20.5 Å². The number of rotatable bonds is 3. The third kappa shape index (κ3) is 2.13. The van der Waals surface area contributed by atoms with Crippen LogP contribution in [0.15, 0.2) is 36.4 Å². The molecule has 0 amide bonds. The van der Waals surface area contributed by atoms with Crippen molar-refractivity contribution in [1.29, 1.82) is 0 Å². The van der Waals surface area contributed by atoms with Crippen molar-refractivity contribution >= 4 is 11.4 Å². The molecule has 1 aliphatic heterocycles. The van der Waals surface area contributed by atoms with Crippen molar-refractivity contribution in [2.24, 2.45) is 0 Å². The Balaban J connectivity index is 1.90. The molecule has 0 saturated carbocycles. The van der Waals surface area contributed by atoms with E-state index in [9.17, 15) is 0 Å². The Morgan fingerprint density at radius 3 is 2.35 bits per heavy atom. The molecule has 3 rings (SSSR count). The molecule has 0 radical (unpaired) electrons. The van der Waals surface area contributed by atoms with Crippen molar-refractivity contribution in [3.63, 3.8) is 0 Å². The van der Waals surface area contributed by atoms with Crippen LogP contribution in [0.4, 0.5) is 11.4 Å². The van der Waals surface area contributed by atoms with Crippen LogP contribution >= 0.6 is 0 Å². The minimum absolute atomic E-state index is 0.266. The third-order valence-electron chi connectivity index (χ3n) is 3.70. The van der Waals surface area contributed by atoms with Crippen LogP contribution in [0.3, 0.4) is 0 Å². The van der Waals surface area contributed by atoms with Crippen molar-refractivity contribution < 1.29 is 9.47 Å². The minimum Gasteiger partial charge on any atom is -0.493 e. The highest BCUT2D eigenvalue weighted by atomic mass is 16.5. The number of hydrogen-bond acceptors (Lipinski definition) is 4. The second-order valence-corrected chi connectivity index (χ2v) is 4.93. The SMILES string of the molecule is COc1cc2c(cc1OC)NC(c1ccc(N)cc1)C2. The van der Waals surface area contributed by atoms with Crippen molar-refractivity contribution in [1.82, 2.24) is 0 Å². The van der Waals surface area contributed by atoms with E-state index in [1.807, 2.05) is 24.3 Å². The zero-order valence-electron chi connectivity index (χ0n) is 11.6. The van der Waals surface area contributed by atoms with Gasteiger partial charge in [-0.3, -0.25) is 0 Å². The zero-order valence-corrected chi connectivity index (χ0v) is 11.6. The van der Waals surface area contributed by atoms with Crippen LogP contribution in [0, 0.1) is 0 Å². The molecular weight excluding hydrogens is 252 g/mol. The lowest BCUT2D eigenvalue weighted by atomic mass is 10.0. The fourth-order valence-corrected chi connectivity index (χ4v) is 2.61. The lowest BCUT2D eigenvalue weighted by molar-refractivity contribution is 0.355. The summed E-state index contributed by atoms with van der Waals surface area (Å²) in [4.78, 5) is 0. The van der Waals surface area contributed by atoms with E-state index in [1.54, 1.807) is 14.2 Å². The summed E-state index contributed by atoms with van der Waals surface area (Å²) in [5, 5.41) is 3.52. The number of nitrogens with two attached hydrogens (primary N) is 1. The van der Waals surface area contributed by atoms with E-state index >= 15 is 0 Å². The summed E-state index contributed by atoms with van der Waals surface area (Å²) in [6.45, 7) is 0. The van der Waals surface area contributed by atoms with E-state index in [0.29, 0.717) is 0 Å². The first kappa shape index (κ1) is 12.7. The Kier molecular flexibility index (Phi) is 3.14. The Morgan fingerprint density at radius 1 is 1.05 bits per heavy atom. The van der Waals surface area contributed by atoms with Gasteiger partial charge in [-0.15, -0.1) is 0 Å². The zero-order chi connectivity index (χ0) is 14.1. The number of nitrogen functional groups attached to an aromatic ring is 1. The van der Waals surface area contributed by atoms with Crippen LogP contribution in [0.2, 0.25) is 0 Å². The Bertz CT molecular complexity index is 590. The van der Waals surface area contributed by atoms with Gasteiger partial charge in [0.25, 0.3) is 0 Å². The second kappa shape index (κ2) is 4.96. The van der Waals surface area contributed by atoms with Gasteiger partial charge < -0.3 is 20.5 Å². The van der Waals surface area contributed by atoms with Gasteiger partial charge >= 0.3 is 0 Å². The number of nitrogens with one attached hydrogen (secondary N) is 1. The Hall–Kier alpha value is -2.36. The maximum Gasteiger partial charge on any atom is 0.162 e. The molecule has 1 atom stereocenters. The topological polar surface area (TPSA) is 56.5 Å². The van der Waals surface area contributed by atoms with Gasteiger partial charge in [0.1, 0.15) is 0 Å².